The molecule has 1 fully saturated rings. The number of likely N-dealkylation sites (tertiary alicyclic amines) is 1. The lowest BCUT2D eigenvalue weighted by Gasteiger charge is -2.32. The molecule has 0 radical (unpaired) electrons. The first kappa shape index (κ1) is 26.7. The van der Waals surface area contributed by atoms with Crippen molar-refractivity contribution in [3.8, 4) is 11.1 Å². The number of aryl methyl sites for hydroxylation is 1. The summed E-state index contributed by atoms with van der Waals surface area (Å²) in [5.74, 6) is -0.101. The molecule has 1 amide bonds. The zero-order valence-corrected chi connectivity index (χ0v) is 22.2. The topological polar surface area (TPSA) is 80.3 Å². The number of nitrogen functional groups attached to an aromatic ring is 1. The Morgan fingerprint density at radius 2 is 1.77 bits per heavy atom. The number of hydrogen-bond acceptors (Lipinski definition) is 5. The monoisotopic (exact) mass is 536 g/mol. The maximum atomic E-state index is 13.4. The van der Waals surface area contributed by atoms with Gasteiger partial charge in [-0.05, 0) is 73.3 Å². The Morgan fingerprint density at radius 3 is 2.41 bits per heavy atom. The van der Waals surface area contributed by atoms with Crippen LogP contribution in [0.25, 0.3) is 22.2 Å². The maximum absolute atomic E-state index is 13.4. The van der Waals surface area contributed by atoms with Crippen molar-refractivity contribution in [2.24, 2.45) is 7.05 Å². The van der Waals surface area contributed by atoms with Crippen LogP contribution in [0.1, 0.15) is 45.9 Å². The van der Waals surface area contributed by atoms with Gasteiger partial charge in [0.05, 0.1) is 5.56 Å². The lowest BCUT2D eigenvalue weighted by Crippen LogP contribution is -2.33. The van der Waals surface area contributed by atoms with E-state index in [1.54, 1.807) is 31.3 Å². The molecular weight excluding hydrogens is 505 g/mol. The van der Waals surface area contributed by atoms with Gasteiger partial charge in [-0.3, -0.25) is 9.69 Å². The van der Waals surface area contributed by atoms with E-state index in [-0.39, 0.29) is 5.91 Å². The predicted octanol–water partition coefficient (Wildman–Crippen LogP) is 5.32. The Bertz CT molecular complexity index is 1500. The Balaban J connectivity index is 1.32. The first-order chi connectivity index (χ1) is 18.5. The zero-order valence-electron chi connectivity index (χ0n) is 22.2. The molecule has 1 aliphatic heterocycles. The SMILES string of the molecule is CN(C)C(=O)c1ccc(C2CCN(Cc3cc4c(-c5cnc(N)c(C(F)(F)F)c5)ccnc4n3C)CC2)cc1. The Kier molecular flexibility index (Phi) is 7.07. The van der Waals surface area contributed by atoms with Gasteiger partial charge < -0.3 is 15.2 Å². The standard InChI is InChI=1S/C29H31F3N6O/c1-36(2)28(39)20-6-4-18(5-7-20)19-9-12-38(13-10-19)17-22-15-24-23(8-11-34-27(24)37(22)3)21-14-25(29(30,31)32)26(33)35-16-21/h4-8,11,14-16,19H,9-10,12-13,17H2,1-3H3,(H2,33,35). The van der Waals surface area contributed by atoms with Gasteiger partial charge in [-0.15, -0.1) is 0 Å². The molecule has 2 N–H and O–H groups in total. The van der Waals surface area contributed by atoms with Crippen LogP contribution in [0.2, 0.25) is 0 Å². The summed E-state index contributed by atoms with van der Waals surface area (Å²) in [4.78, 5) is 24.4. The van der Waals surface area contributed by atoms with Crippen molar-refractivity contribution in [1.82, 2.24) is 24.3 Å². The molecule has 0 atom stereocenters. The van der Waals surface area contributed by atoms with E-state index in [0.717, 1.165) is 43.1 Å². The van der Waals surface area contributed by atoms with Crippen molar-refractivity contribution in [2.75, 3.05) is 32.9 Å². The predicted molar refractivity (Wildman–Crippen MR) is 145 cm³/mol. The van der Waals surface area contributed by atoms with Gasteiger partial charge in [0.2, 0.25) is 0 Å². The van der Waals surface area contributed by atoms with E-state index in [9.17, 15) is 18.0 Å². The molecule has 3 aromatic heterocycles. The highest BCUT2D eigenvalue weighted by Crippen LogP contribution is 2.37. The average Bonchev–Trinajstić information content (AvgIpc) is 3.23. The van der Waals surface area contributed by atoms with E-state index in [1.807, 2.05) is 29.8 Å². The molecule has 1 aliphatic rings. The van der Waals surface area contributed by atoms with E-state index in [4.69, 9.17) is 5.73 Å². The van der Waals surface area contributed by atoms with Crippen LogP contribution in [0.5, 0.6) is 0 Å². The number of aromatic nitrogens is 3. The largest absolute Gasteiger partial charge is 0.419 e. The summed E-state index contributed by atoms with van der Waals surface area (Å²) in [7, 11) is 5.43. The molecule has 0 unspecified atom stereocenters. The van der Waals surface area contributed by atoms with Crippen LogP contribution in [0.3, 0.4) is 0 Å². The van der Waals surface area contributed by atoms with Crippen LogP contribution >= 0.6 is 0 Å². The first-order valence-electron chi connectivity index (χ1n) is 12.8. The second kappa shape index (κ2) is 10.3. The molecule has 0 bridgehead atoms. The second-order valence-electron chi connectivity index (χ2n) is 10.3. The molecule has 4 aromatic rings. The highest BCUT2D eigenvalue weighted by Gasteiger charge is 2.34. The normalized spacial score (nSPS) is 15.1. The van der Waals surface area contributed by atoms with Crippen molar-refractivity contribution in [3.05, 3.63) is 77.2 Å². The van der Waals surface area contributed by atoms with E-state index in [0.29, 0.717) is 34.8 Å². The number of rotatable bonds is 5. The third-order valence-electron chi connectivity index (χ3n) is 7.57. The molecular formula is C29H31F3N6O. The minimum absolute atomic E-state index is 0.00239. The number of nitrogens with two attached hydrogens (primary N) is 1. The molecule has 39 heavy (non-hydrogen) atoms. The maximum Gasteiger partial charge on any atom is 0.419 e. The molecule has 7 nitrogen and oxygen atoms in total. The summed E-state index contributed by atoms with van der Waals surface area (Å²) < 4.78 is 42.3. The number of pyridine rings is 2. The van der Waals surface area contributed by atoms with Crippen molar-refractivity contribution >= 4 is 22.8 Å². The van der Waals surface area contributed by atoms with Crippen LogP contribution < -0.4 is 5.73 Å². The summed E-state index contributed by atoms with van der Waals surface area (Å²) in [6.45, 7) is 2.55. The molecule has 1 saturated heterocycles. The van der Waals surface area contributed by atoms with Crippen molar-refractivity contribution in [2.45, 2.75) is 31.5 Å². The van der Waals surface area contributed by atoms with E-state index in [2.05, 4.69) is 27.0 Å². The molecule has 10 heteroatoms. The van der Waals surface area contributed by atoms with Crippen molar-refractivity contribution in [3.63, 3.8) is 0 Å². The first-order valence-corrected chi connectivity index (χ1v) is 12.8. The number of anilines is 1. The number of nitrogens with zero attached hydrogens (tertiary/aromatic N) is 5. The Morgan fingerprint density at radius 1 is 1.08 bits per heavy atom. The molecule has 204 valence electrons. The lowest BCUT2D eigenvalue weighted by molar-refractivity contribution is -0.137. The fourth-order valence-corrected chi connectivity index (χ4v) is 5.33. The molecule has 0 aliphatic carbocycles. The number of benzene rings is 1. The van der Waals surface area contributed by atoms with E-state index >= 15 is 0 Å². The van der Waals surface area contributed by atoms with Crippen molar-refractivity contribution < 1.29 is 18.0 Å². The highest BCUT2D eigenvalue weighted by atomic mass is 19.4. The molecule has 0 spiro atoms. The van der Waals surface area contributed by atoms with Gasteiger partial charge in [0.25, 0.3) is 5.91 Å². The van der Waals surface area contributed by atoms with Gasteiger partial charge in [0.15, 0.2) is 0 Å². The van der Waals surface area contributed by atoms with E-state index < -0.39 is 17.6 Å². The van der Waals surface area contributed by atoms with Gasteiger partial charge >= 0.3 is 6.18 Å². The summed E-state index contributed by atoms with van der Waals surface area (Å²) in [5.41, 5.74) is 9.22. The number of amides is 1. The number of hydrogen-bond donors (Lipinski definition) is 1. The minimum Gasteiger partial charge on any atom is -0.383 e. The zero-order chi connectivity index (χ0) is 27.9. The summed E-state index contributed by atoms with van der Waals surface area (Å²) >= 11 is 0. The Hall–Kier alpha value is -3.92. The smallest absolute Gasteiger partial charge is 0.383 e. The number of carbonyl (C=O) groups is 1. The van der Waals surface area contributed by atoms with Gasteiger partial charge in [-0.2, -0.15) is 13.2 Å². The van der Waals surface area contributed by atoms with E-state index in [1.165, 1.54) is 11.8 Å². The van der Waals surface area contributed by atoms with Crippen LogP contribution in [0.4, 0.5) is 19.0 Å². The minimum atomic E-state index is -4.58. The number of piperidine rings is 1. The third-order valence-corrected chi connectivity index (χ3v) is 7.57. The van der Waals surface area contributed by atoms with Gasteiger partial charge in [0.1, 0.15) is 11.5 Å². The summed E-state index contributed by atoms with van der Waals surface area (Å²) in [5, 5.41) is 0.775. The van der Waals surface area contributed by atoms with Crippen LogP contribution in [-0.4, -0.2) is 57.4 Å². The van der Waals surface area contributed by atoms with Gasteiger partial charge in [-0.1, -0.05) is 12.1 Å². The fourth-order valence-electron chi connectivity index (χ4n) is 5.33. The quantitative estimate of drug-likeness (QED) is 0.374. The molecule has 4 heterocycles. The molecule has 5 rings (SSSR count). The summed E-state index contributed by atoms with van der Waals surface area (Å²) in [6, 6.07) is 12.7. The summed E-state index contributed by atoms with van der Waals surface area (Å²) in [6.07, 6.45) is 0.407. The van der Waals surface area contributed by atoms with Gasteiger partial charge in [-0.25, -0.2) is 9.97 Å². The second-order valence-corrected chi connectivity index (χ2v) is 10.3. The molecule has 0 saturated carbocycles. The fraction of sp³-hybridized carbons (Fsp3) is 0.345. The lowest BCUT2D eigenvalue weighted by atomic mass is 9.89. The van der Waals surface area contributed by atoms with Crippen LogP contribution in [0, 0.1) is 0 Å². The Labute approximate surface area is 225 Å². The number of fused-ring (bicyclic) bond motifs is 1. The third kappa shape index (κ3) is 5.34. The number of carbonyl (C=O) groups excluding carboxylic acids is 1. The van der Waals surface area contributed by atoms with Crippen molar-refractivity contribution in [1.29, 1.82) is 0 Å². The van der Waals surface area contributed by atoms with Crippen LogP contribution in [-0.2, 0) is 19.8 Å². The van der Waals surface area contributed by atoms with Crippen LogP contribution in [0.15, 0.2) is 54.9 Å². The number of alkyl halides is 3. The average molecular weight is 537 g/mol. The van der Waals surface area contributed by atoms with Gasteiger partial charge in [0, 0.05) is 62.3 Å². The highest BCUT2D eigenvalue weighted by molar-refractivity contribution is 5.94. The molecule has 1 aromatic carbocycles. The number of halogens is 3.